The molecule has 3 aliphatic rings. The maximum absolute atomic E-state index is 9.06. The van der Waals surface area contributed by atoms with Gasteiger partial charge in [-0.25, -0.2) is 0 Å². The minimum Gasteiger partial charge on any atom is -0.378 e. The first-order chi connectivity index (χ1) is 17.5. The van der Waals surface area contributed by atoms with Crippen molar-refractivity contribution in [2.45, 2.75) is 65.0 Å². The van der Waals surface area contributed by atoms with Gasteiger partial charge in [0.2, 0.25) is 0 Å². The molecule has 0 saturated heterocycles. The Morgan fingerprint density at radius 2 is 2.03 bits per heavy atom. The van der Waals surface area contributed by atoms with Crippen LogP contribution in [0.15, 0.2) is 53.4 Å². The van der Waals surface area contributed by atoms with Gasteiger partial charge in [0.1, 0.15) is 0 Å². The third-order valence-electron chi connectivity index (χ3n) is 7.95. The number of azide groups is 1. The molecule has 1 fully saturated rings. The summed E-state index contributed by atoms with van der Waals surface area (Å²) < 4.78 is 0. The number of aryl methyl sites for hydroxylation is 2. The van der Waals surface area contributed by atoms with Crippen LogP contribution in [-0.4, -0.2) is 35.6 Å². The maximum atomic E-state index is 9.06. The molecule has 3 N–H and O–H groups in total. The van der Waals surface area contributed by atoms with E-state index in [1.54, 1.807) is 5.01 Å². The zero-order valence-electron chi connectivity index (χ0n) is 21.7. The molecule has 1 atom stereocenters. The van der Waals surface area contributed by atoms with Gasteiger partial charge in [0.25, 0.3) is 0 Å². The molecule has 2 heterocycles. The summed E-state index contributed by atoms with van der Waals surface area (Å²) in [4.78, 5) is 5.67. The third-order valence-corrected chi connectivity index (χ3v) is 7.95. The van der Waals surface area contributed by atoms with Crippen molar-refractivity contribution in [2.75, 3.05) is 25.0 Å². The van der Waals surface area contributed by atoms with E-state index in [1.165, 1.54) is 47.1 Å². The quantitative estimate of drug-likeness (QED) is 0.236. The van der Waals surface area contributed by atoms with E-state index < -0.39 is 0 Å². The lowest BCUT2D eigenvalue weighted by Crippen LogP contribution is -2.42. The van der Waals surface area contributed by atoms with Crippen LogP contribution in [0.3, 0.4) is 0 Å². The zero-order valence-corrected chi connectivity index (χ0v) is 21.7. The molecule has 1 unspecified atom stereocenters. The van der Waals surface area contributed by atoms with Gasteiger partial charge < -0.3 is 11.1 Å². The molecule has 0 aromatic heterocycles. The Morgan fingerprint density at radius 1 is 1.19 bits per heavy atom. The Labute approximate surface area is 214 Å². The maximum Gasteiger partial charge on any atom is 0.186 e. The van der Waals surface area contributed by atoms with Crippen molar-refractivity contribution >= 4 is 17.0 Å². The molecule has 1 aliphatic carbocycles. The Kier molecular flexibility index (Phi) is 7.06. The van der Waals surface area contributed by atoms with Crippen molar-refractivity contribution in [1.29, 1.82) is 0 Å². The summed E-state index contributed by atoms with van der Waals surface area (Å²) in [5, 5.41) is 9.35. The molecule has 7 nitrogen and oxygen atoms in total. The fourth-order valence-electron chi connectivity index (χ4n) is 5.71. The monoisotopic (exact) mass is 483 g/mol. The summed E-state index contributed by atoms with van der Waals surface area (Å²) in [5.41, 5.74) is 25.8. The minimum atomic E-state index is 0.0370. The van der Waals surface area contributed by atoms with Crippen LogP contribution >= 0.6 is 0 Å². The molecule has 2 aliphatic heterocycles. The fraction of sp³-hybridized carbons (Fsp3) is 0.448. The highest BCUT2D eigenvalue weighted by Crippen LogP contribution is 2.46. The number of rotatable bonds is 9. The average Bonchev–Trinajstić information content (AvgIpc) is 3.45. The second-order valence-electron chi connectivity index (χ2n) is 10.4. The van der Waals surface area contributed by atoms with Crippen LogP contribution in [0.25, 0.3) is 21.7 Å². The van der Waals surface area contributed by atoms with Crippen molar-refractivity contribution < 1.29 is 0 Å². The van der Waals surface area contributed by atoms with E-state index >= 15 is 0 Å². The highest BCUT2D eigenvalue weighted by atomic mass is 15.6. The van der Waals surface area contributed by atoms with Gasteiger partial charge in [0.05, 0.1) is 6.04 Å². The number of benzene rings is 2. The lowest BCUT2D eigenvalue weighted by Gasteiger charge is -2.39. The second-order valence-corrected chi connectivity index (χ2v) is 10.4. The van der Waals surface area contributed by atoms with Crippen LogP contribution in [0.1, 0.15) is 72.9 Å². The van der Waals surface area contributed by atoms with Gasteiger partial charge in [-0.05, 0) is 97.3 Å². The predicted octanol–water partition coefficient (Wildman–Crippen LogP) is 6.68. The second kappa shape index (κ2) is 10.4. The lowest BCUT2D eigenvalue weighted by atomic mass is 9.86. The Bertz CT molecular complexity index is 1250. The number of hydrogen-bond acceptors (Lipinski definition) is 4. The lowest BCUT2D eigenvalue weighted by molar-refractivity contribution is 0.141. The number of allylic oxidation sites excluding steroid dienone is 1. The first kappa shape index (κ1) is 24.4. The van der Waals surface area contributed by atoms with E-state index in [1.807, 2.05) is 6.92 Å². The van der Waals surface area contributed by atoms with Gasteiger partial charge >= 0.3 is 0 Å². The number of nitrogens with two attached hydrogens (primary N) is 1. The van der Waals surface area contributed by atoms with E-state index in [4.69, 9.17) is 11.3 Å². The summed E-state index contributed by atoms with van der Waals surface area (Å²) in [6, 6.07) is 14.0. The van der Waals surface area contributed by atoms with Crippen molar-refractivity contribution in [3.05, 3.63) is 86.4 Å². The summed E-state index contributed by atoms with van der Waals surface area (Å²) in [5.74, 6) is 0. The first-order valence-electron chi connectivity index (χ1n) is 13.2. The van der Waals surface area contributed by atoms with Gasteiger partial charge in [0, 0.05) is 37.3 Å². The van der Waals surface area contributed by atoms with Crippen LogP contribution in [0.2, 0.25) is 0 Å². The van der Waals surface area contributed by atoms with Gasteiger partial charge in [-0.15, -0.1) is 5.53 Å². The van der Waals surface area contributed by atoms with Gasteiger partial charge in [0.15, 0.2) is 11.4 Å². The van der Waals surface area contributed by atoms with E-state index in [0.717, 1.165) is 54.6 Å². The highest BCUT2D eigenvalue weighted by Gasteiger charge is 2.41. The van der Waals surface area contributed by atoms with Gasteiger partial charge in [-0.1, -0.05) is 30.7 Å². The van der Waals surface area contributed by atoms with Crippen molar-refractivity contribution in [1.82, 2.24) is 9.91 Å². The van der Waals surface area contributed by atoms with Crippen molar-refractivity contribution in [3.8, 4) is 0 Å². The van der Waals surface area contributed by atoms with E-state index in [0.29, 0.717) is 6.54 Å². The van der Waals surface area contributed by atoms with Crippen LogP contribution in [-0.2, 0) is 0 Å². The Morgan fingerprint density at radius 3 is 2.67 bits per heavy atom. The fourth-order valence-corrected chi connectivity index (χ4v) is 5.71. The minimum absolute atomic E-state index is 0.0370. The molecule has 188 valence electrons. The summed E-state index contributed by atoms with van der Waals surface area (Å²) >= 11 is 0. The summed E-state index contributed by atoms with van der Waals surface area (Å²) in [6.07, 6.45) is 8.38. The Hall–Kier alpha value is -3.25. The van der Waals surface area contributed by atoms with E-state index in [9.17, 15) is 0 Å². The highest BCUT2D eigenvalue weighted by molar-refractivity contribution is 5.84. The molecule has 36 heavy (non-hydrogen) atoms. The first-order valence-corrected chi connectivity index (χ1v) is 13.2. The molecule has 7 heteroatoms. The molecule has 2 aromatic rings. The SMILES string of the molecule is CC1=C(c2c(C)cc(C3=CCN(C4CCC4)CC3)cc2C(CCN)Nc2cccc(C)c2)N1N=[N+]=[N-]. The molecule has 0 amide bonds. The molecule has 2 aromatic carbocycles. The van der Waals surface area contributed by atoms with E-state index in [2.05, 4.69) is 76.7 Å². The number of anilines is 1. The van der Waals surface area contributed by atoms with E-state index in [-0.39, 0.29) is 6.04 Å². The largest absolute Gasteiger partial charge is 0.378 e. The Balaban J connectivity index is 1.54. The zero-order chi connectivity index (χ0) is 25.2. The van der Waals surface area contributed by atoms with Crippen molar-refractivity contribution in [2.24, 2.45) is 11.0 Å². The third kappa shape index (κ3) is 4.87. The van der Waals surface area contributed by atoms with Gasteiger partial charge in [-0.2, -0.15) is 9.92 Å². The smallest absolute Gasteiger partial charge is 0.186 e. The molecule has 1 saturated carbocycles. The van der Waals surface area contributed by atoms with Crippen LogP contribution in [0, 0.1) is 13.8 Å². The topological polar surface area (TPSA) is 93.1 Å². The van der Waals surface area contributed by atoms with Gasteiger partial charge in [-0.3, -0.25) is 4.90 Å². The summed E-state index contributed by atoms with van der Waals surface area (Å²) in [6.45, 7) is 9.03. The molecule has 0 bridgehead atoms. The normalized spacial score (nSPS) is 18.9. The number of nitrogens with zero attached hydrogens (tertiary/aromatic N) is 5. The molecule has 5 rings (SSSR count). The van der Waals surface area contributed by atoms with Crippen LogP contribution in [0.4, 0.5) is 5.69 Å². The molecule has 0 radical (unpaired) electrons. The van der Waals surface area contributed by atoms with Crippen molar-refractivity contribution in [3.63, 3.8) is 0 Å². The number of nitrogens with one attached hydrogen (secondary N) is 1. The standard InChI is InChI=1S/C29H37N7/c1-19-6-4-7-24(16-19)32-27(10-13-30)26-18-23(22-11-14-35(15-12-22)25-8-5-9-25)17-20(2)28(26)29-21(3)36(29)34-33-31/h4,6-7,11,16-18,25,27,32H,5,8-10,12-15,30H2,1-3H3. The molecule has 0 spiro atoms. The molecular formula is C29H37N7. The average molecular weight is 484 g/mol. The molecular weight excluding hydrogens is 446 g/mol. The number of hydrogen-bond donors (Lipinski definition) is 2. The van der Waals surface area contributed by atoms with Crippen LogP contribution in [0.5, 0.6) is 0 Å². The van der Waals surface area contributed by atoms with Crippen LogP contribution < -0.4 is 11.1 Å². The predicted molar refractivity (Wildman–Crippen MR) is 148 cm³/mol. The summed E-state index contributed by atoms with van der Waals surface area (Å²) in [7, 11) is 0.